The summed E-state index contributed by atoms with van der Waals surface area (Å²) < 4.78 is 5.40. The third-order valence-corrected chi connectivity index (χ3v) is 4.47. The minimum Gasteiger partial charge on any atom is -0.496 e. The molecule has 0 atom stereocenters. The first kappa shape index (κ1) is 13.7. The van der Waals surface area contributed by atoms with Gasteiger partial charge in [0.15, 0.2) is 6.29 Å². The van der Waals surface area contributed by atoms with E-state index in [1.54, 1.807) is 18.9 Å². The standard InChI is InChI=1S/C18H14O2S/c1-20-16-8-4-5-9-18(16)21-17-11-10-13(12-19)14-6-2-3-7-15(14)17/h2-12H,1H3. The highest BCUT2D eigenvalue weighted by Gasteiger charge is 2.09. The zero-order valence-corrected chi connectivity index (χ0v) is 12.4. The Bertz CT molecular complexity index is 796. The van der Waals surface area contributed by atoms with Gasteiger partial charge in [0.25, 0.3) is 0 Å². The quantitative estimate of drug-likeness (QED) is 0.646. The predicted octanol–water partition coefficient (Wildman–Crippen LogP) is 4.81. The van der Waals surface area contributed by atoms with Crippen molar-refractivity contribution in [3.8, 4) is 5.75 Å². The van der Waals surface area contributed by atoms with E-state index in [-0.39, 0.29) is 0 Å². The van der Waals surface area contributed by atoms with Gasteiger partial charge in [-0.2, -0.15) is 0 Å². The van der Waals surface area contributed by atoms with Crippen LogP contribution in [0.5, 0.6) is 5.75 Å². The number of fused-ring (bicyclic) bond motifs is 1. The van der Waals surface area contributed by atoms with E-state index in [1.807, 2.05) is 60.7 Å². The lowest BCUT2D eigenvalue weighted by molar-refractivity contribution is 0.112. The first-order valence-electron chi connectivity index (χ1n) is 6.61. The van der Waals surface area contributed by atoms with Gasteiger partial charge in [-0.05, 0) is 35.0 Å². The summed E-state index contributed by atoms with van der Waals surface area (Å²) in [5, 5.41) is 2.06. The highest BCUT2D eigenvalue weighted by atomic mass is 32.2. The van der Waals surface area contributed by atoms with Gasteiger partial charge >= 0.3 is 0 Å². The fourth-order valence-corrected chi connectivity index (χ4v) is 3.37. The molecule has 0 aromatic heterocycles. The van der Waals surface area contributed by atoms with Crippen LogP contribution in [0.3, 0.4) is 0 Å². The largest absolute Gasteiger partial charge is 0.496 e. The number of rotatable bonds is 4. The van der Waals surface area contributed by atoms with Crippen LogP contribution >= 0.6 is 11.8 Å². The molecule has 0 bridgehead atoms. The molecule has 3 aromatic carbocycles. The van der Waals surface area contributed by atoms with E-state index in [2.05, 4.69) is 0 Å². The number of ether oxygens (including phenoxy) is 1. The molecule has 0 radical (unpaired) electrons. The average Bonchev–Trinajstić information content (AvgIpc) is 2.55. The van der Waals surface area contributed by atoms with Gasteiger partial charge in [-0.1, -0.05) is 48.2 Å². The molecule has 0 fully saturated rings. The monoisotopic (exact) mass is 294 g/mol. The van der Waals surface area contributed by atoms with Crippen LogP contribution in [-0.4, -0.2) is 13.4 Å². The van der Waals surface area contributed by atoms with E-state index in [4.69, 9.17) is 4.74 Å². The second kappa shape index (κ2) is 6.02. The van der Waals surface area contributed by atoms with Crippen molar-refractivity contribution in [2.24, 2.45) is 0 Å². The van der Waals surface area contributed by atoms with Crippen LogP contribution in [0.1, 0.15) is 10.4 Å². The minimum atomic E-state index is 0.718. The van der Waals surface area contributed by atoms with Crippen molar-refractivity contribution in [2.45, 2.75) is 9.79 Å². The molecule has 3 rings (SSSR count). The van der Waals surface area contributed by atoms with Crippen LogP contribution in [0, 0.1) is 0 Å². The van der Waals surface area contributed by atoms with Crippen LogP contribution in [-0.2, 0) is 0 Å². The smallest absolute Gasteiger partial charge is 0.150 e. The Kier molecular flexibility index (Phi) is 3.93. The number of para-hydroxylation sites is 1. The van der Waals surface area contributed by atoms with Crippen LogP contribution in [0.25, 0.3) is 10.8 Å². The Morgan fingerprint density at radius 1 is 0.857 bits per heavy atom. The van der Waals surface area contributed by atoms with E-state index in [1.165, 1.54) is 0 Å². The lowest BCUT2D eigenvalue weighted by Crippen LogP contribution is -1.88. The molecule has 0 amide bonds. The molecule has 0 aliphatic heterocycles. The van der Waals surface area contributed by atoms with Gasteiger partial charge in [-0.15, -0.1) is 0 Å². The summed E-state index contributed by atoms with van der Waals surface area (Å²) in [5.41, 5.74) is 0.718. The Labute approximate surface area is 127 Å². The van der Waals surface area contributed by atoms with Gasteiger partial charge in [-0.25, -0.2) is 0 Å². The average molecular weight is 294 g/mol. The van der Waals surface area contributed by atoms with Crippen LogP contribution in [0.2, 0.25) is 0 Å². The molecule has 0 heterocycles. The molecule has 3 aromatic rings. The number of benzene rings is 3. The van der Waals surface area contributed by atoms with Gasteiger partial charge in [0.1, 0.15) is 5.75 Å². The zero-order chi connectivity index (χ0) is 14.7. The topological polar surface area (TPSA) is 26.3 Å². The van der Waals surface area contributed by atoms with Crippen LogP contribution in [0.15, 0.2) is 70.5 Å². The number of hydrogen-bond acceptors (Lipinski definition) is 3. The van der Waals surface area contributed by atoms with Gasteiger partial charge in [0, 0.05) is 10.5 Å². The summed E-state index contributed by atoms with van der Waals surface area (Å²) in [6, 6.07) is 19.7. The molecule has 21 heavy (non-hydrogen) atoms. The lowest BCUT2D eigenvalue weighted by atomic mass is 10.1. The molecule has 0 N–H and O–H groups in total. The minimum absolute atomic E-state index is 0.718. The molecule has 0 saturated heterocycles. The maximum absolute atomic E-state index is 11.2. The second-order valence-electron chi connectivity index (χ2n) is 4.57. The van der Waals surface area contributed by atoms with Crippen LogP contribution < -0.4 is 4.74 Å². The van der Waals surface area contributed by atoms with E-state index in [0.717, 1.165) is 38.2 Å². The Balaban J connectivity index is 2.11. The molecule has 2 nitrogen and oxygen atoms in total. The summed E-state index contributed by atoms with van der Waals surface area (Å²) in [7, 11) is 1.67. The highest BCUT2D eigenvalue weighted by Crippen LogP contribution is 2.38. The van der Waals surface area contributed by atoms with E-state index < -0.39 is 0 Å². The van der Waals surface area contributed by atoms with Crippen molar-refractivity contribution in [1.29, 1.82) is 0 Å². The summed E-state index contributed by atoms with van der Waals surface area (Å²) in [4.78, 5) is 13.3. The number of hydrogen-bond donors (Lipinski definition) is 0. The van der Waals surface area contributed by atoms with Crippen molar-refractivity contribution >= 4 is 28.8 Å². The molecule has 104 valence electrons. The first-order valence-corrected chi connectivity index (χ1v) is 7.43. The van der Waals surface area contributed by atoms with Crippen molar-refractivity contribution in [1.82, 2.24) is 0 Å². The summed E-state index contributed by atoms with van der Waals surface area (Å²) in [6.45, 7) is 0. The molecule has 0 unspecified atom stereocenters. The molecular weight excluding hydrogens is 280 g/mol. The van der Waals surface area contributed by atoms with E-state index in [0.29, 0.717) is 0 Å². The van der Waals surface area contributed by atoms with Crippen molar-refractivity contribution in [3.63, 3.8) is 0 Å². The van der Waals surface area contributed by atoms with E-state index in [9.17, 15) is 4.79 Å². The zero-order valence-electron chi connectivity index (χ0n) is 11.6. The van der Waals surface area contributed by atoms with Crippen molar-refractivity contribution in [3.05, 3.63) is 66.2 Å². The van der Waals surface area contributed by atoms with Gasteiger partial charge in [-0.3, -0.25) is 4.79 Å². The maximum Gasteiger partial charge on any atom is 0.150 e. The summed E-state index contributed by atoms with van der Waals surface area (Å²) >= 11 is 1.65. The Hall–Kier alpha value is -2.26. The van der Waals surface area contributed by atoms with Gasteiger partial charge < -0.3 is 4.74 Å². The number of methoxy groups -OCH3 is 1. The Morgan fingerprint density at radius 3 is 2.33 bits per heavy atom. The number of aldehydes is 1. The predicted molar refractivity (Wildman–Crippen MR) is 86.5 cm³/mol. The van der Waals surface area contributed by atoms with Crippen molar-refractivity contribution in [2.75, 3.05) is 7.11 Å². The second-order valence-corrected chi connectivity index (χ2v) is 5.65. The van der Waals surface area contributed by atoms with Crippen LogP contribution in [0.4, 0.5) is 0 Å². The molecule has 0 aliphatic rings. The number of carbonyl (C=O) groups excluding carboxylic acids is 1. The molecule has 0 spiro atoms. The SMILES string of the molecule is COc1ccccc1Sc1ccc(C=O)c2ccccc12. The molecule has 0 aliphatic carbocycles. The maximum atomic E-state index is 11.2. The molecule has 0 saturated carbocycles. The third-order valence-electron chi connectivity index (χ3n) is 3.33. The summed E-state index contributed by atoms with van der Waals surface area (Å²) in [5.74, 6) is 0.853. The van der Waals surface area contributed by atoms with Gasteiger partial charge in [0.05, 0.1) is 12.0 Å². The lowest BCUT2D eigenvalue weighted by Gasteiger charge is -2.10. The molecule has 3 heteroatoms. The Morgan fingerprint density at radius 2 is 1.57 bits per heavy atom. The normalized spacial score (nSPS) is 10.5. The first-order chi connectivity index (χ1) is 10.3. The third kappa shape index (κ3) is 2.65. The fraction of sp³-hybridized carbons (Fsp3) is 0.0556. The van der Waals surface area contributed by atoms with E-state index >= 15 is 0 Å². The van der Waals surface area contributed by atoms with Crippen molar-refractivity contribution < 1.29 is 9.53 Å². The number of carbonyl (C=O) groups is 1. The van der Waals surface area contributed by atoms with Gasteiger partial charge in [0.2, 0.25) is 0 Å². The highest BCUT2D eigenvalue weighted by molar-refractivity contribution is 7.99. The fourth-order valence-electron chi connectivity index (χ4n) is 2.31. The molecular formula is C18H14O2S. The summed E-state index contributed by atoms with van der Waals surface area (Å²) in [6.07, 6.45) is 0.903.